The number of nitrogens with zero attached hydrogens (tertiary/aromatic N) is 2. The Morgan fingerprint density at radius 2 is 1.72 bits per heavy atom. The van der Waals surface area contributed by atoms with Crippen molar-refractivity contribution in [1.29, 1.82) is 0 Å². The van der Waals surface area contributed by atoms with Crippen molar-refractivity contribution in [1.82, 2.24) is 9.80 Å². The molecule has 1 aliphatic heterocycles. The summed E-state index contributed by atoms with van der Waals surface area (Å²) in [5.74, 6) is 0. The molecule has 0 aliphatic carbocycles. The molecule has 1 heterocycles. The largest absolute Gasteiger partial charge is 0.389 e. The van der Waals surface area contributed by atoms with Crippen LogP contribution in [0.15, 0.2) is 60.7 Å². The van der Waals surface area contributed by atoms with E-state index < -0.39 is 6.10 Å². The number of benzene rings is 2. The van der Waals surface area contributed by atoms with Crippen molar-refractivity contribution >= 4 is 0 Å². The van der Waals surface area contributed by atoms with Crippen LogP contribution in [-0.4, -0.2) is 60.8 Å². The standard InChI is InChI=1S/C21H28N2O2/c1-22-12-13-23(21(15-22)19-10-6-3-7-11-19)14-20(24)17-25-16-18-8-4-2-5-9-18/h2-11,20-21,24H,12-17H2,1H3. The zero-order valence-electron chi connectivity index (χ0n) is 14.9. The number of β-amino-alcohol motifs (C(OH)–C–C–N with tert-alkyl or cyclic N) is 1. The van der Waals surface area contributed by atoms with Gasteiger partial charge in [0.2, 0.25) is 0 Å². The molecule has 3 rings (SSSR count). The first-order valence-corrected chi connectivity index (χ1v) is 8.99. The Kier molecular flexibility index (Phi) is 6.59. The number of ether oxygens (including phenoxy) is 1. The average Bonchev–Trinajstić information content (AvgIpc) is 2.65. The lowest BCUT2D eigenvalue weighted by molar-refractivity contribution is -0.0116. The predicted molar refractivity (Wildman–Crippen MR) is 100 cm³/mol. The lowest BCUT2D eigenvalue weighted by Gasteiger charge is -2.41. The minimum absolute atomic E-state index is 0.323. The second kappa shape index (κ2) is 9.11. The van der Waals surface area contributed by atoms with Crippen LogP contribution in [0.4, 0.5) is 0 Å². The van der Waals surface area contributed by atoms with Crippen molar-refractivity contribution in [2.24, 2.45) is 0 Å². The number of aliphatic hydroxyl groups excluding tert-OH is 1. The van der Waals surface area contributed by atoms with Gasteiger partial charge in [0, 0.05) is 32.2 Å². The Balaban J connectivity index is 1.52. The molecule has 0 bridgehead atoms. The van der Waals surface area contributed by atoms with Crippen LogP contribution in [0.5, 0.6) is 0 Å². The molecule has 134 valence electrons. The lowest BCUT2D eigenvalue weighted by atomic mass is 10.0. The first kappa shape index (κ1) is 18.1. The topological polar surface area (TPSA) is 35.9 Å². The Labute approximate surface area is 150 Å². The summed E-state index contributed by atoms with van der Waals surface area (Å²) in [5.41, 5.74) is 2.45. The van der Waals surface area contributed by atoms with E-state index in [2.05, 4.69) is 41.1 Å². The van der Waals surface area contributed by atoms with Crippen molar-refractivity contribution in [2.75, 3.05) is 39.8 Å². The highest BCUT2D eigenvalue weighted by Crippen LogP contribution is 2.24. The maximum Gasteiger partial charge on any atom is 0.0900 e. The molecule has 0 saturated carbocycles. The molecule has 2 aromatic rings. The number of hydrogen-bond donors (Lipinski definition) is 1. The second-order valence-electron chi connectivity index (χ2n) is 6.84. The fourth-order valence-electron chi connectivity index (χ4n) is 3.38. The molecule has 0 aromatic heterocycles. The van der Waals surface area contributed by atoms with Gasteiger partial charge >= 0.3 is 0 Å². The van der Waals surface area contributed by atoms with Crippen molar-refractivity contribution in [2.45, 2.75) is 18.8 Å². The first-order valence-electron chi connectivity index (χ1n) is 8.99. The SMILES string of the molecule is CN1CCN(CC(O)COCc2ccccc2)C(c2ccccc2)C1. The molecule has 2 unspecified atom stereocenters. The van der Waals surface area contributed by atoms with E-state index in [0.29, 0.717) is 25.8 Å². The number of aliphatic hydroxyl groups is 1. The molecule has 2 aromatic carbocycles. The van der Waals surface area contributed by atoms with Gasteiger partial charge in [-0.3, -0.25) is 4.90 Å². The molecule has 4 nitrogen and oxygen atoms in total. The molecule has 1 N–H and O–H groups in total. The third kappa shape index (κ3) is 5.38. The zero-order chi connectivity index (χ0) is 17.5. The minimum atomic E-state index is -0.474. The summed E-state index contributed by atoms with van der Waals surface area (Å²) < 4.78 is 5.70. The van der Waals surface area contributed by atoms with E-state index in [0.717, 1.165) is 25.2 Å². The number of hydrogen-bond acceptors (Lipinski definition) is 4. The zero-order valence-corrected chi connectivity index (χ0v) is 14.9. The third-order valence-electron chi connectivity index (χ3n) is 4.75. The van der Waals surface area contributed by atoms with Crippen LogP contribution in [0.1, 0.15) is 17.2 Å². The summed E-state index contributed by atoms with van der Waals surface area (Å²) in [6.45, 7) is 4.53. The second-order valence-corrected chi connectivity index (χ2v) is 6.84. The summed E-state index contributed by atoms with van der Waals surface area (Å²) in [4.78, 5) is 4.73. The Morgan fingerprint density at radius 3 is 2.44 bits per heavy atom. The van der Waals surface area contributed by atoms with Crippen molar-refractivity contribution in [3.05, 3.63) is 71.8 Å². The van der Waals surface area contributed by atoms with Crippen molar-refractivity contribution < 1.29 is 9.84 Å². The van der Waals surface area contributed by atoms with Gasteiger partial charge in [-0.15, -0.1) is 0 Å². The minimum Gasteiger partial charge on any atom is -0.389 e. The third-order valence-corrected chi connectivity index (χ3v) is 4.75. The van der Waals surface area contributed by atoms with E-state index in [9.17, 15) is 5.11 Å². The number of rotatable bonds is 7. The van der Waals surface area contributed by atoms with Gasteiger partial charge in [0.25, 0.3) is 0 Å². The van der Waals surface area contributed by atoms with Gasteiger partial charge in [-0.1, -0.05) is 60.7 Å². The summed E-state index contributed by atoms with van der Waals surface area (Å²) >= 11 is 0. The van der Waals surface area contributed by atoms with Gasteiger partial charge in [-0.05, 0) is 18.2 Å². The highest BCUT2D eigenvalue weighted by Gasteiger charge is 2.27. The van der Waals surface area contributed by atoms with E-state index in [4.69, 9.17) is 4.74 Å². The van der Waals surface area contributed by atoms with Gasteiger partial charge in [-0.2, -0.15) is 0 Å². The van der Waals surface area contributed by atoms with E-state index >= 15 is 0 Å². The molecule has 1 aliphatic rings. The van der Waals surface area contributed by atoms with Gasteiger partial charge in [0.15, 0.2) is 0 Å². The fourth-order valence-corrected chi connectivity index (χ4v) is 3.38. The summed E-state index contributed by atoms with van der Waals surface area (Å²) in [6, 6.07) is 21.0. The Morgan fingerprint density at radius 1 is 1.04 bits per heavy atom. The summed E-state index contributed by atoms with van der Waals surface area (Å²) in [6.07, 6.45) is -0.474. The Hall–Kier alpha value is -1.72. The molecular formula is C21H28N2O2. The van der Waals surface area contributed by atoms with Crippen LogP contribution in [0, 0.1) is 0 Å². The lowest BCUT2D eigenvalue weighted by Crippen LogP contribution is -2.49. The summed E-state index contributed by atoms with van der Waals surface area (Å²) in [7, 11) is 2.16. The van der Waals surface area contributed by atoms with Crippen LogP contribution in [0.25, 0.3) is 0 Å². The van der Waals surface area contributed by atoms with Crippen LogP contribution in [-0.2, 0) is 11.3 Å². The van der Waals surface area contributed by atoms with Gasteiger partial charge in [0.1, 0.15) is 0 Å². The number of piperazine rings is 1. The molecule has 0 radical (unpaired) electrons. The van der Waals surface area contributed by atoms with E-state index in [1.807, 2.05) is 36.4 Å². The number of likely N-dealkylation sites (N-methyl/N-ethyl adjacent to an activating group) is 1. The maximum absolute atomic E-state index is 10.4. The average molecular weight is 340 g/mol. The first-order chi connectivity index (χ1) is 12.2. The molecular weight excluding hydrogens is 312 g/mol. The van der Waals surface area contributed by atoms with E-state index in [-0.39, 0.29) is 0 Å². The van der Waals surface area contributed by atoms with Gasteiger partial charge < -0.3 is 14.7 Å². The molecule has 25 heavy (non-hydrogen) atoms. The van der Waals surface area contributed by atoms with Crippen molar-refractivity contribution in [3.63, 3.8) is 0 Å². The van der Waals surface area contributed by atoms with E-state index in [1.165, 1.54) is 5.56 Å². The van der Waals surface area contributed by atoms with Crippen LogP contribution in [0.2, 0.25) is 0 Å². The molecule has 0 spiro atoms. The van der Waals surface area contributed by atoms with Crippen LogP contribution >= 0.6 is 0 Å². The highest BCUT2D eigenvalue weighted by molar-refractivity contribution is 5.20. The quantitative estimate of drug-likeness (QED) is 0.840. The predicted octanol–water partition coefficient (Wildman–Crippen LogP) is 2.55. The van der Waals surface area contributed by atoms with Crippen molar-refractivity contribution in [3.8, 4) is 0 Å². The molecule has 1 fully saturated rings. The molecule has 0 amide bonds. The smallest absolute Gasteiger partial charge is 0.0900 e. The monoisotopic (exact) mass is 340 g/mol. The van der Waals surface area contributed by atoms with Gasteiger partial charge in [0.05, 0.1) is 19.3 Å². The summed E-state index contributed by atoms with van der Waals surface area (Å²) in [5, 5.41) is 10.4. The Bertz CT molecular complexity index is 620. The molecule has 1 saturated heterocycles. The molecule has 4 heteroatoms. The fraction of sp³-hybridized carbons (Fsp3) is 0.429. The normalized spacial score (nSPS) is 20.5. The van der Waals surface area contributed by atoms with Crippen LogP contribution in [0.3, 0.4) is 0 Å². The van der Waals surface area contributed by atoms with Crippen LogP contribution < -0.4 is 0 Å². The highest BCUT2D eigenvalue weighted by atomic mass is 16.5. The maximum atomic E-state index is 10.4. The molecule has 2 atom stereocenters. The van der Waals surface area contributed by atoms with E-state index in [1.54, 1.807) is 0 Å². The van der Waals surface area contributed by atoms with Gasteiger partial charge in [-0.25, -0.2) is 0 Å².